The van der Waals surface area contributed by atoms with Crippen molar-refractivity contribution in [3.63, 3.8) is 0 Å². The van der Waals surface area contributed by atoms with Gasteiger partial charge in [-0.25, -0.2) is 13.8 Å². The second-order valence-electron chi connectivity index (χ2n) is 11.7. The first-order chi connectivity index (χ1) is 18.6. The van der Waals surface area contributed by atoms with Gasteiger partial charge in [0.15, 0.2) is 17.4 Å². The molecule has 1 saturated carbocycles. The maximum absolute atomic E-state index is 15.2. The number of nitrogens with zero attached hydrogens (tertiary/aromatic N) is 1. The van der Waals surface area contributed by atoms with Gasteiger partial charge in [0.2, 0.25) is 0 Å². The normalized spacial score (nSPS) is 17.0. The van der Waals surface area contributed by atoms with Crippen molar-refractivity contribution in [2.24, 2.45) is 11.8 Å². The summed E-state index contributed by atoms with van der Waals surface area (Å²) in [4.78, 5) is 3.94. The number of unbranched alkanes of at least 4 members (excludes halogenated alkanes) is 9. The smallest absolute Gasteiger partial charge is 0.255 e. The molecule has 1 fully saturated rings. The summed E-state index contributed by atoms with van der Waals surface area (Å²) >= 11 is 0. The molecule has 1 heterocycles. The number of hydrogen-bond donors (Lipinski definition) is 0. The molecular formula is C33H46F3NO. The number of rotatable bonds is 17. The lowest BCUT2D eigenvalue weighted by Crippen LogP contribution is -2.17. The minimum absolute atomic E-state index is 0.0351. The van der Waals surface area contributed by atoms with Crippen LogP contribution in [0.1, 0.15) is 121 Å². The summed E-state index contributed by atoms with van der Waals surface area (Å²) in [6.07, 6.45) is 20.7. The highest BCUT2D eigenvalue weighted by atomic mass is 19.2. The number of hydrogen-bond acceptors (Lipinski definition) is 2. The van der Waals surface area contributed by atoms with E-state index in [4.69, 9.17) is 4.74 Å². The maximum atomic E-state index is 15.2. The van der Waals surface area contributed by atoms with E-state index in [-0.39, 0.29) is 17.0 Å². The summed E-state index contributed by atoms with van der Waals surface area (Å²) in [7, 11) is 0. The summed E-state index contributed by atoms with van der Waals surface area (Å²) in [5.74, 6) is -1.04. The Morgan fingerprint density at radius 2 is 1.47 bits per heavy atom. The average Bonchev–Trinajstić information content (AvgIpc) is 3.75. The summed E-state index contributed by atoms with van der Waals surface area (Å²) < 4.78 is 50.5. The van der Waals surface area contributed by atoms with Crippen LogP contribution in [-0.4, -0.2) is 11.6 Å². The Hall–Kier alpha value is -2.04. The fourth-order valence-corrected chi connectivity index (χ4v) is 5.89. The fourth-order valence-electron chi connectivity index (χ4n) is 5.89. The predicted octanol–water partition coefficient (Wildman–Crippen LogP) is 10.2. The standard InChI is InChI=1S/C33H46F3NO/c1-2-3-4-5-6-7-11-14-25-17-18-26-23-28(32(35)31(34)27(26)22-25)29-19-20-30(33(36)37-29)38-21-12-9-8-10-13-24-15-16-24/h19-20,23-25H,2-18,21-22H2,1H3. The van der Waals surface area contributed by atoms with Crippen molar-refractivity contribution in [2.75, 3.05) is 6.61 Å². The van der Waals surface area contributed by atoms with Crippen molar-refractivity contribution in [2.45, 2.75) is 122 Å². The molecule has 0 saturated heterocycles. The molecule has 5 heteroatoms. The lowest BCUT2D eigenvalue weighted by molar-refractivity contribution is 0.286. The second kappa shape index (κ2) is 14.9. The number of pyridine rings is 1. The zero-order chi connectivity index (χ0) is 26.7. The average molecular weight is 530 g/mol. The van der Waals surface area contributed by atoms with E-state index in [0.717, 1.165) is 50.0 Å². The SMILES string of the molecule is CCCCCCCCCC1CCc2cc(-c3ccc(OCCCCCCC4CC4)c(F)n3)c(F)c(F)c2C1. The van der Waals surface area contributed by atoms with Gasteiger partial charge in [0.25, 0.3) is 5.95 Å². The molecule has 2 aromatic rings. The van der Waals surface area contributed by atoms with E-state index >= 15 is 8.78 Å². The number of benzene rings is 1. The van der Waals surface area contributed by atoms with E-state index in [1.807, 2.05) is 0 Å². The van der Waals surface area contributed by atoms with Crippen LogP contribution in [0, 0.1) is 29.4 Å². The van der Waals surface area contributed by atoms with Crippen LogP contribution >= 0.6 is 0 Å². The van der Waals surface area contributed by atoms with E-state index in [0.29, 0.717) is 24.5 Å². The molecule has 210 valence electrons. The summed E-state index contributed by atoms with van der Waals surface area (Å²) in [5, 5.41) is 0. The van der Waals surface area contributed by atoms with E-state index in [9.17, 15) is 4.39 Å². The Balaban J connectivity index is 1.27. The molecule has 2 nitrogen and oxygen atoms in total. The number of aryl methyl sites for hydroxylation is 1. The van der Waals surface area contributed by atoms with Crippen molar-refractivity contribution in [3.05, 3.63) is 46.9 Å². The number of fused-ring (bicyclic) bond motifs is 1. The van der Waals surface area contributed by atoms with Gasteiger partial charge in [-0.3, -0.25) is 0 Å². The molecule has 0 amide bonds. The van der Waals surface area contributed by atoms with Crippen LogP contribution in [0.3, 0.4) is 0 Å². The Kier molecular flexibility index (Phi) is 11.4. The van der Waals surface area contributed by atoms with Gasteiger partial charge >= 0.3 is 0 Å². The molecule has 1 aromatic heterocycles. The Morgan fingerprint density at radius 1 is 0.789 bits per heavy atom. The van der Waals surface area contributed by atoms with Crippen LogP contribution in [0.4, 0.5) is 13.2 Å². The lowest BCUT2D eigenvalue weighted by atomic mass is 9.80. The Labute approximate surface area is 227 Å². The number of aromatic nitrogens is 1. The summed E-state index contributed by atoms with van der Waals surface area (Å²) in [6, 6.07) is 4.70. The van der Waals surface area contributed by atoms with Crippen LogP contribution in [0.5, 0.6) is 5.75 Å². The van der Waals surface area contributed by atoms with E-state index in [1.165, 1.54) is 82.8 Å². The maximum Gasteiger partial charge on any atom is 0.255 e. The molecule has 0 spiro atoms. The molecule has 4 rings (SSSR count). The first kappa shape index (κ1) is 29.0. The Bertz CT molecular complexity index is 1020. The third-order valence-corrected chi connectivity index (χ3v) is 8.48. The van der Waals surface area contributed by atoms with Crippen LogP contribution in [-0.2, 0) is 12.8 Å². The van der Waals surface area contributed by atoms with Gasteiger partial charge in [-0.05, 0) is 66.8 Å². The Morgan fingerprint density at radius 3 is 2.18 bits per heavy atom. The molecule has 0 aliphatic heterocycles. The minimum atomic E-state index is -0.924. The zero-order valence-electron chi connectivity index (χ0n) is 23.3. The zero-order valence-corrected chi connectivity index (χ0v) is 23.3. The largest absolute Gasteiger partial charge is 0.489 e. The highest BCUT2D eigenvalue weighted by molar-refractivity contribution is 5.63. The topological polar surface area (TPSA) is 22.1 Å². The van der Waals surface area contributed by atoms with Gasteiger partial charge in [0, 0.05) is 5.56 Å². The van der Waals surface area contributed by atoms with Crippen molar-refractivity contribution >= 4 is 0 Å². The number of halogens is 3. The van der Waals surface area contributed by atoms with Crippen molar-refractivity contribution in [1.82, 2.24) is 4.98 Å². The van der Waals surface area contributed by atoms with Gasteiger partial charge in [0.05, 0.1) is 12.3 Å². The molecule has 1 atom stereocenters. The monoisotopic (exact) mass is 529 g/mol. The van der Waals surface area contributed by atoms with E-state index in [1.54, 1.807) is 6.07 Å². The highest BCUT2D eigenvalue weighted by Gasteiger charge is 2.26. The third-order valence-electron chi connectivity index (χ3n) is 8.48. The van der Waals surface area contributed by atoms with Crippen molar-refractivity contribution < 1.29 is 17.9 Å². The van der Waals surface area contributed by atoms with Gasteiger partial charge in [-0.1, -0.05) is 96.8 Å². The number of ether oxygens (including phenoxy) is 1. The van der Waals surface area contributed by atoms with Crippen LogP contribution < -0.4 is 4.74 Å². The van der Waals surface area contributed by atoms with E-state index in [2.05, 4.69) is 11.9 Å². The second-order valence-corrected chi connectivity index (χ2v) is 11.7. The minimum Gasteiger partial charge on any atom is -0.489 e. The van der Waals surface area contributed by atoms with Crippen LogP contribution in [0.25, 0.3) is 11.3 Å². The molecule has 1 unspecified atom stereocenters. The molecule has 0 bridgehead atoms. The predicted molar refractivity (Wildman–Crippen MR) is 149 cm³/mol. The molecule has 0 radical (unpaired) electrons. The first-order valence-electron chi connectivity index (χ1n) is 15.4. The van der Waals surface area contributed by atoms with Gasteiger partial charge in [0.1, 0.15) is 0 Å². The van der Waals surface area contributed by atoms with Crippen molar-refractivity contribution in [3.8, 4) is 17.0 Å². The van der Waals surface area contributed by atoms with E-state index < -0.39 is 17.6 Å². The van der Waals surface area contributed by atoms with Crippen molar-refractivity contribution in [1.29, 1.82) is 0 Å². The van der Waals surface area contributed by atoms with Gasteiger partial charge < -0.3 is 4.74 Å². The highest BCUT2D eigenvalue weighted by Crippen LogP contribution is 2.36. The molecule has 38 heavy (non-hydrogen) atoms. The summed E-state index contributed by atoms with van der Waals surface area (Å²) in [5.41, 5.74) is 1.48. The molecule has 2 aliphatic rings. The third kappa shape index (κ3) is 8.48. The molecular weight excluding hydrogens is 483 g/mol. The molecule has 1 aromatic carbocycles. The van der Waals surface area contributed by atoms with Gasteiger partial charge in [-0.2, -0.15) is 4.39 Å². The molecule has 2 aliphatic carbocycles. The summed E-state index contributed by atoms with van der Waals surface area (Å²) in [6.45, 7) is 2.66. The fraction of sp³-hybridized carbons (Fsp3) is 0.667. The molecule has 0 N–H and O–H groups in total. The van der Waals surface area contributed by atoms with Crippen LogP contribution in [0.2, 0.25) is 0 Å². The quantitative estimate of drug-likeness (QED) is 0.150. The van der Waals surface area contributed by atoms with Gasteiger partial charge in [-0.15, -0.1) is 0 Å². The first-order valence-corrected chi connectivity index (χ1v) is 15.4. The van der Waals surface area contributed by atoms with Crippen LogP contribution in [0.15, 0.2) is 18.2 Å². The lowest BCUT2D eigenvalue weighted by Gasteiger charge is -2.26.